The van der Waals surface area contributed by atoms with Crippen molar-refractivity contribution in [2.24, 2.45) is 5.73 Å². The molecule has 1 aromatic rings. The molecular formula is C10H14ClFN2O. The third-order valence-electron chi connectivity index (χ3n) is 2.40. The van der Waals surface area contributed by atoms with Gasteiger partial charge in [-0.2, -0.15) is 0 Å². The Morgan fingerprint density at radius 2 is 2.13 bits per heavy atom. The molecule has 0 bridgehead atoms. The fourth-order valence-electron chi connectivity index (χ4n) is 1.65. The zero-order valence-corrected chi connectivity index (χ0v) is 9.01. The van der Waals surface area contributed by atoms with E-state index in [-0.39, 0.29) is 24.2 Å². The molecule has 15 heavy (non-hydrogen) atoms. The summed E-state index contributed by atoms with van der Waals surface area (Å²) in [6.07, 6.45) is 0. The predicted octanol–water partition coefficient (Wildman–Crippen LogP) is 1.10. The van der Waals surface area contributed by atoms with Crippen LogP contribution in [0.1, 0.15) is 5.56 Å². The maximum Gasteiger partial charge on any atom is 0.164 e. The molecular weight excluding hydrogens is 219 g/mol. The van der Waals surface area contributed by atoms with Crippen LogP contribution in [-0.2, 0) is 6.54 Å². The second kappa shape index (κ2) is 4.79. The summed E-state index contributed by atoms with van der Waals surface area (Å²) in [5, 5.41) is 9.14. The van der Waals surface area contributed by atoms with Crippen molar-refractivity contribution in [3.8, 4) is 5.75 Å². The highest BCUT2D eigenvalue weighted by Gasteiger charge is 2.22. The van der Waals surface area contributed by atoms with Crippen molar-refractivity contribution in [3.63, 3.8) is 0 Å². The number of benzene rings is 1. The fraction of sp³-hybridized carbons (Fsp3) is 0.400. The van der Waals surface area contributed by atoms with Crippen LogP contribution in [-0.4, -0.2) is 29.1 Å². The lowest BCUT2D eigenvalue weighted by Gasteiger charge is -2.36. The van der Waals surface area contributed by atoms with Crippen molar-refractivity contribution in [3.05, 3.63) is 29.6 Å². The normalized spacial score (nSPS) is 16.9. The summed E-state index contributed by atoms with van der Waals surface area (Å²) in [5.74, 6) is -0.860. The van der Waals surface area contributed by atoms with Crippen LogP contribution in [0.4, 0.5) is 4.39 Å². The van der Waals surface area contributed by atoms with Gasteiger partial charge in [0.2, 0.25) is 0 Å². The minimum absolute atomic E-state index is 0. The fourth-order valence-corrected chi connectivity index (χ4v) is 1.65. The molecule has 0 saturated carbocycles. The first-order valence-electron chi connectivity index (χ1n) is 4.60. The molecule has 1 aliphatic heterocycles. The summed E-state index contributed by atoms with van der Waals surface area (Å²) in [7, 11) is 0. The van der Waals surface area contributed by atoms with Crippen LogP contribution in [0.5, 0.6) is 5.75 Å². The van der Waals surface area contributed by atoms with Crippen molar-refractivity contribution in [2.75, 3.05) is 13.1 Å². The Morgan fingerprint density at radius 1 is 1.47 bits per heavy atom. The molecule has 0 radical (unpaired) electrons. The summed E-state index contributed by atoms with van der Waals surface area (Å²) in [6, 6.07) is 4.69. The van der Waals surface area contributed by atoms with E-state index in [1.54, 1.807) is 6.07 Å². The van der Waals surface area contributed by atoms with Crippen LogP contribution in [0.3, 0.4) is 0 Å². The van der Waals surface area contributed by atoms with Gasteiger partial charge >= 0.3 is 0 Å². The van der Waals surface area contributed by atoms with Gasteiger partial charge in [0.05, 0.1) is 0 Å². The highest BCUT2D eigenvalue weighted by molar-refractivity contribution is 5.85. The number of halogens is 2. The van der Waals surface area contributed by atoms with Gasteiger partial charge in [0.25, 0.3) is 0 Å². The van der Waals surface area contributed by atoms with Crippen molar-refractivity contribution in [2.45, 2.75) is 12.6 Å². The van der Waals surface area contributed by atoms with Crippen molar-refractivity contribution in [1.29, 1.82) is 0 Å². The van der Waals surface area contributed by atoms with Crippen LogP contribution in [0, 0.1) is 5.82 Å². The smallest absolute Gasteiger partial charge is 0.164 e. The van der Waals surface area contributed by atoms with Crippen LogP contribution in [0.2, 0.25) is 0 Å². The van der Waals surface area contributed by atoms with E-state index < -0.39 is 5.82 Å². The minimum atomic E-state index is -0.575. The zero-order valence-electron chi connectivity index (χ0n) is 8.19. The molecule has 0 amide bonds. The number of aromatic hydroxyl groups is 1. The van der Waals surface area contributed by atoms with Gasteiger partial charge in [-0.25, -0.2) is 4.39 Å². The lowest BCUT2D eigenvalue weighted by Crippen LogP contribution is -2.54. The summed E-state index contributed by atoms with van der Waals surface area (Å²) >= 11 is 0. The molecule has 84 valence electrons. The Morgan fingerprint density at radius 3 is 2.67 bits per heavy atom. The largest absolute Gasteiger partial charge is 0.505 e. The topological polar surface area (TPSA) is 49.5 Å². The van der Waals surface area contributed by atoms with Gasteiger partial charge in [-0.3, -0.25) is 4.90 Å². The van der Waals surface area contributed by atoms with Crippen molar-refractivity contribution >= 4 is 12.4 Å². The van der Waals surface area contributed by atoms with E-state index in [9.17, 15) is 4.39 Å². The predicted molar refractivity (Wildman–Crippen MR) is 58.6 cm³/mol. The minimum Gasteiger partial charge on any atom is -0.505 e. The van der Waals surface area contributed by atoms with Gasteiger partial charge in [-0.1, -0.05) is 6.07 Å². The van der Waals surface area contributed by atoms with Crippen LogP contribution < -0.4 is 5.73 Å². The highest BCUT2D eigenvalue weighted by Crippen LogP contribution is 2.19. The second-order valence-electron chi connectivity index (χ2n) is 3.74. The molecule has 2 rings (SSSR count). The van der Waals surface area contributed by atoms with E-state index in [1.165, 1.54) is 12.1 Å². The zero-order chi connectivity index (χ0) is 10.1. The molecule has 0 unspecified atom stereocenters. The molecule has 1 aliphatic rings. The molecule has 1 fully saturated rings. The van der Waals surface area contributed by atoms with Crippen LogP contribution in [0.25, 0.3) is 0 Å². The Balaban J connectivity index is 0.00000112. The Bertz CT molecular complexity index is 342. The third kappa shape index (κ3) is 2.81. The van der Waals surface area contributed by atoms with Gasteiger partial charge in [0, 0.05) is 25.7 Å². The Hall–Kier alpha value is -0.840. The van der Waals surface area contributed by atoms with E-state index >= 15 is 0 Å². The number of likely N-dealkylation sites (tertiary alicyclic amines) is 1. The highest BCUT2D eigenvalue weighted by atomic mass is 35.5. The average Bonchev–Trinajstić information content (AvgIpc) is 2.09. The van der Waals surface area contributed by atoms with Gasteiger partial charge in [0.15, 0.2) is 11.6 Å². The lowest BCUT2D eigenvalue weighted by molar-refractivity contribution is 0.142. The number of rotatable bonds is 2. The standard InChI is InChI=1S/C10H13FN2O.ClH/c11-9-2-1-7(3-10(9)14)4-13-5-8(12)6-13;/h1-3,8,14H,4-6,12H2;1H. The third-order valence-corrected chi connectivity index (χ3v) is 2.40. The lowest BCUT2D eigenvalue weighted by atomic mass is 10.1. The van der Waals surface area contributed by atoms with Gasteiger partial charge in [-0.15, -0.1) is 12.4 Å². The molecule has 0 aromatic heterocycles. The second-order valence-corrected chi connectivity index (χ2v) is 3.74. The molecule has 5 heteroatoms. The molecule has 0 spiro atoms. The average molecular weight is 233 g/mol. The molecule has 3 N–H and O–H groups in total. The first-order chi connectivity index (χ1) is 6.65. The quantitative estimate of drug-likeness (QED) is 0.803. The van der Waals surface area contributed by atoms with Gasteiger partial charge in [-0.05, 0) is 17.7 Å². The van der Waals surface area contributed by atoms with E-state index in [1.807, 2.05) is 0 Å². The number of nitrogens with zero attached hydrogens (tertiary/aromatic N) is 1. The molecule has 3 nitrogen and oxygen atoms in total. The monoisotopic (exact) mass is 232 g/mol. The van der Waals surface area contributed by atoms with Gasteiger partial charge < -0.3 is 10.8 Å². The van der Waals surface area contributed by atoms with E-state index in [0.29, 0.717) is 0 Å². The summed E-state index contributed by atoms with van der Waals surface area (Å²) < 4.78 is 12.7. The summed E-state index contributed by atoms with van der Waals surface area (Å²) in [5.41, 5.74) is 6.54. The Kier molecular flexibility index (Phi) is 3.90. The van der Waals surface area contributed by atoms with Crippen molar-refractivity contribution < 1.29 is 9.50 Å². The maximum atomic E-state index is 12.7. The number of hydrogen-bond donors (Lipinski definition) is 2. The molecule has 1 saturated heterocycles. The number of phenols is 1. The number of nitrogens with two attached hydrogens (primary N) is 1. The molecule has 0 atom stereocenters. The maximum absolute atomic E-state index is 12.7. The number of hydrogen-bond acceptors (Lipinski definition) is 3. The van der Waals surface area contributed by atoms with Crippen molar-refractivity contribution in [1.82, 2.24) is 4.90 Å². The van der Waals surface area contributed by atoms with E-state index in [4.69, 9.17) is 10.8 Å². The van der Waals surface area contributed by atoms with Gasteiger partial charge in [0.1, 0.15) is 0 Å². The molecule has 1 heterocycles. The Labute approximate surface area is 94.1 Å². The van der Waals surface area contributed by atoms with Crippen LogP contribution >= 0.6 is 12.4 Å². The van der Waals surface area contributed by atoms with E-state index in [0.717, 1.165) is 25.2 Å². The van der Waals surface area contributed by atoms with E-state index in [2.05, 4.69) is 4.90 Å². The SMILES string of the molecule is Cl.NC1CN(Cc2ccc(F)c(O)c2)C1. The summed E-state index contributed by atoms with van der Waals surface area (Å²) in [6.45, 7) is 2.47. The summed E-state index contributed by atoms with van der Waals surface area (Å²) in [4.78, 5) is 2.15. The molecule has 1 aromatic carbocycles. The molecule has 0 aliphatic carbocycles. The van der Waals surface area contributed by atoms with Crippen LogP contribution in [0.15, 0.2) is 18.2 Å². The number of phenolic OH excluding ortho intramolecular Hbond substituents is 1. The first-order valence-corrected chi connectivity index (χ1v) is 4.60. The first kappa shape index (κ1) is 12.2.